The van der Waals surface area contributed by atoms with Gasteiger partial charge in [0, 0.05) is 5.02 Å². The van der Waals surface area contributed by atoms with Crippen molar-refractivity contribution in [3.8, 4) is 5.75 Å². The van der Waals surface area contributed by atoms with Crippen LogP contribution in [0, 0.1) is 0 Å². The number of carbonyl (C=O) groups is 1. The Morgan fingerprint density at radius 2 is 1.30 bits per heavy atom. The highest BCUT2D eigenvalue weighted by Gasteiger charge is 1.92. The summed E-state index contributed by atoms with van der Waals surface area (Å²) in [5.74, 6) is 0.101. The summed E-state index contributed by atoms with van der Waals surface area (Å²) < 4.78 is 0. The lowest BCUT2D eigenvalue weighted by molar-refractivity contribution is -0.110. The molecule has 2 nitrogen and oxygen atoms in total. The summed E-state index contributed by atoms with van der Waals surface area (Å²) in [5.41, 5.74) is 1.77. The van der Waals surface area contributed by atoms with Crippen LogP contribution in [-0.2, 0) is 4.79 Å². The Balaban J connectivity index is 1.98. The number of benzene rings is 2. The van der Waals surface area contributed by atoms with Crippen LogP contribution < -0.4 is 0 Å². The normalized spacial score (nSPS) is 11.2. The average molecular weight is 285 g/mol. The molecule has 0 saturated carbocycles. The van der Waals surface area contributed by atoms with E-state index in [1.54, 1.807) is 48.6 Å². The van der Waals surface area contributed by atoms with Gasteiger partial charge in [0.1, 0.15) is 5.75 Å². The second-order valence-corrected chi connectivity index (χ2v) is 4.65. The highest BCUT2D eigenvalue weighted by atomic mass is 35.5. The van der Waals surface area contributed by atoms with Crippen LogP contribution in [0.5, 0.6) is 5.75 Å². The molecule has 0 unspecified atom stereocenters. The Morgan fingerprint density at radius 3 is 1.80 bits per heavy atom. The molecule has 0 aliphatic rings. The summed E-state index contributed by atoms with van der Waals surface area (Å²) in [5, 5.41) is 9.82. The van der Waals surface area contributed by atoms with Crippen LogP contribution in [0.25, 0.3) is 12.2 Å². The predicted molar refractivity (Wildman–Crippen MR) is 82.6 cm³/mol. The second-order valence-electron chi connectivity index (χ2n) is 4.21. The summed E-state index contributed by atoms with van der Waals surface area (Å²) >= 11 is 5.78. The lowest BCUT2D eigenvalue weighted by atomic mass is 10.1. The zero-order chi connectivity index (χ0) is 14.4. The van der Waals surface area contributed by atoms with Gasteiger partial charge >= 0.3 is 0 Å². The number of hydrogen-bond acceptors (Lipinski definition) is 2. The van der Waals surface area contributed by atoms with Crippen LogP contribution >= 0.6 is 11.6 Å². The number of aromatic hydroxyl groups is 1. The molecule has 2 rings (SSSR count). The van der Waals surface area contributed by atoms with E-state index < -0.39 is 0 Å². The maximum Gasteiger partial charge on any atom is 0.178 e. The second kappa shape index (κ2) is 6.73. The third-order valence-corrected chi connectivity index (χ3v) is 2.90. The predicted octanol–water partition coefficient (Wildman–Crippen LogP) is 4.34. The molecule has 0 heterocycles. The minimum atomic E-state index is -0.104. The topological polar surface area (TPSA) is 37.3 Å². The minimum Gasteiger partial charge on any atom is -0.508 e. The lowest BCUT2D eigenvalue weighted by Crippen LogP contribution is -1.84. The van der Waals surface area contributed by atoms with E-state index >= 15 is 0 Å². The Bertz CT molecular complexity index is 580. The molecule has 0 aliphatic carbocycles. The van der Waals surface area contributed by atoms with E-state index in [4.69, 9.17) is 16.7 Å². The Kier molecular flexibility index (Phi) is 4.75. The molecule has 20 heavy (non-hydrogen) atoms. The van der Waals surface area contributed by atoms with E-state index in [2.05, 4.69) is 0 Å². The fourth-order valence-electron chi connectivity index (χ4n) is 1.57. The summed E-state index contributed by atoms with van der Waals surface area (Å²) in [6.07, 6.45) is 6.42. The monoisotopic (exact) mass is 284 g/mol. The van der Waals surface area contributed by atoms with Crippen LogP contribution in [-0.4, -0.2) is 10.9 Å². The van der Waals surface area contributed by atoms with Crippen molar-refractivity contribution in [1.29, 1.82) is 0 Å². The third kappa shape index (κ3) is 4.41. The first-order chi connectivity index (χ1) is 9.63. The fourth-order valence-corrected chi connectivity index (χ4v) is 1.70. The molecule has 0 amide bonds. The largest absolute Gasteiger partial charge is 0.508 e. The molecule has 100 valence electrons. The Labute approximate surface area is 122 Å². The number of phenols is 1. The van der Waals surface area contributed by atoms with Gasteiger partial charge in [0.15, 0.2) is 5.78 Å². The van der Waals surface area contributed by atoms with Gasteiger partial charge in [0.25, 0.3) is 0 Å². The zero-order valence-corrected chi connectivity index (χ0v) is 11.4. The lowest BCUT2D eigenvalue weighted by Gasteiger charge is -1.94. The van der Waals surface area contributed by atoms with Crippen LogP contribution in [0.3, 0.4) is 0 Å². The van der Waals surface area contributed by atoms with Crippen molar-refractivity contribution in [2.75, 3.05) is 0 Å². The van der Waals surface area contributed by atoms with Crippen molar-refractivity contribution < 1.29 is 9.90 Å². The molecule has 0 aromatic heterocycles. The van der Waals surface area contributed by atoms with Gasteiger partial charge < -0.3 is 5.11 Å². The highest BCUT2D eigenvalue weighted by molar-refractivity contribution is 6.30. The third-order valence-electron chi connectivity index (χ3n) is 2.64. The van der Waals surface area contributed by atoms with Gasteiger partial charge in [-0.15, -0.1) is 0 Å². The molecule has 0 saturated heterocycles. The summed E-state index contributed by atoms with van der Waals surface area (Å²) in [7, 11) is 0. The van der Waals surface area contributed by atoms with Crippen molar-refractivity contribution in [1.82, 2.24) is 0 Å². The van der Waals surface area contributed by atoms with Gasteiger partial charge in [0.2, 0.25) is 0 Å². The van der Waals surface area contributed by atoms with Crippen LogP contribution in [0.4, 0.5) is 0 Å². The van der Waals surface area contributed by atoms with Gasteiger partial charge in [-0.25, -0.2) is 0 Å². The minimum absolute atomic E-state index is 0.104. The molecule has 1 N–H and O–H groups in total. The van der Waals surface area contributed by atoms with Crippen molar-refractivity contribution in [2.45, 2.75) is 0 Å². The van der Waals surface area contributed by atoms with E-state index in [1.807, 2.05) is 12.1 Å². The highest BCUT2D eigenvalue weighted by Crippen LogP contribution is 2.12. The Hall–Kier alpha value is -2.32. The first-order valence-corrected chi connectivity index (χ1v) is 6.46. The number of phenolic OH excluding ortho intramolecular Hbond substituents is 1. The van der Waals surface area contributed by atoms with Crippen LogP contribution in [0.1, 0.15) is 11.1 Å². The molecule has 2 aromatic rings. The van der Waals surface area contributed by atoms with Crippen molar-refractivity contribution >= 4 is 29.5 Å². The van der Waals surface area contributed by atoms with Crippen molar-refractivity contribution in [2.24, 2.45) is 0 Å². The van der Waals surface area contributed by atoms with E-state index in [9.17, 15) is 4.79 Å². The van der Waals surface area contributed by atoms with E-state index in [-0.39, 0.29) is 11.5 Å². The van der Waals surface area contributed by atoms with Crippen LogP contribution in [0.15, 0.2) is 60.7 Å². The molecular weight excluding hydrogens is 272 g/mol. The molecular formula is C17H13ClO2. The van der Waals surface area contributed by atoms with Gasteiger partial charge in [-0.1, -0.05) is 48.0 Å². The van der Waals surface area contributed by atoms with Crippen molar-refractivity contribution in [3.63, 3.8) is 0 Å². The smallest absolute Gasteiger partial charge is 0.178 e. The molecule has 0 radical (unpaired) electrons. The zero-order valence-electron chi connectivity index (χ0n) is 10.7. The molecule has 0 bridgehead atoms. The van der Waals surface area contributed by atoms with E-state index in [1.165, 1.54) is 12.2 Å². The molecule has 0 aliphatic heterocycles. The van der Waals surface area contributed by atoms with E-state index in [0.29, 0.717) is 5.02 Å². The van der Waals surface area contributed by atoms with Gasteiger partial charge in [-0.05, 0) is 47.5 Å². The van der Waals surface area contributed by atoms with Gasteiger partial charge in [0.05, 0.1) is 0 Å². The number of hydrogen-bond donors (Lipinski definition) is 1. The SMILES string of the molecule is O=C(/C=C/c1ccc(O)cc1)/C=C/c1ccc(Cl)cc1. The van der Waals surface area contributed by atoms with Gasteiger partial charge in [-0.3, -0.25) is 4.79 Å². The van der Waals surface area contributed by atoms with E-state index in [0.717, 1.165) is 11.1 Å². The first-order valence-electron chi connectivity index (χ1n) is 6.08. The van der Waals surface area contributed by atoms with Gasteiger partial charge in [-0.2, -0.15) is 0 Å². The molecule has 0 atom stereocenters. The number of allylic oxidation sites excluding steroid dienone is 2. The number of rotatable bonds is 4. The molecule has 0 fully saturated rings. The van der Waals surface area contributed by atoms with Crippen LogP contribution in [0.2, 0.25) is 5.02 Å². The summed E-state index contributed by atoms with van der Waals surface area (Å²) in [6.45, 7) is 0. The maximum atomic E-state index is 11.7. The molecule has 0 spiro atoms. The average Bonchev–Trinajstić information content (AvgIpc) is 2.46. The number of ketones is 1. The summed E-state index contributed by atoms with van der Waals surface area (Å²) in [4.78, 5) is 11.7. The van der Waals surface area contributed by atoms with Crippen molar-refractivity contribution in [3.05, 3.63) is 76.8 Å². The fraction of sp³-hybridized carbons (Fsp3) is 0. The number of carbonyl (C=O) groups excluding carboxylic acids is 1. The maximum absolute atomic E-state index is 11.7. The quantitative estimate of drug-likeness (QED) is 0.848. The standard InChI is InChI=1S/C17H13ClO2/c18-15-7-1-13(2-8-15)3-9-16(19)10-4-14-5-11-17(20)12-6-14/h1-12,20H/b9-3+,10-4+. The summed E-state index contributed by atoms with van der Waals surface area (Å²) in [6, 6.07) is 13.9. The Morgan fingerprint density at radius 1 is 0.850 bits per heavy atom. The molecule has 2 aromatic carbocycles. The first kappa shape index (κ1) is 14.1. The molecule has 3 heteroatoms. The number of halogens is 1.